The van der Waals surface area contributed by atoms with Crippen LogP contribution in [0.1, 0.15) is 46.3 Å². The number of hydrogen-bond donors (Lipinski definition) is 1. The summed E-state index contributed by atoms with van der Waals surface area (Å²) in [4.78, 5) is 19.6. The van der Waals surface area contributed by atoms with Crippen molar-refractivity contribution in [2.24, 2.45) is 0 Å². The number of anilines is 1. The van der Waals surface area contributed by atoms with Crippen LogP contribution in [0.4, 0.5) is 5.82 Å². The first-order valence-electron chi connectivity index (χ1n) is 7.10. The summed E-state index contributed by atoms with van der Waals surface area (Å²) in [5, 5.41) is 11.4. The smallest absolute Gasteiger partial charge is 0.335 e. The van der Waals surface area contributed by atoms with E-state index in [0.29, 0.717) is 5.56 Å². The predicted octanol–water partition coefficient (Wildman–Crippen LogP) is 3.53. The maximum atomic E-state index is 11.3. The van der Waals surface area contributed by atoms with E-state index in [1.54, 1.807) is 23.5 Å². The Kier molecular flexibility index (Phi) is 3.68. The Hall–Kier alpha value is -1.88. The molecule has 2 aromatic heterocycles. The Balaban J connectivity index is 1.96. The standard InChI is InChI=1S/C16H18N2O2S/c1-10(2)13-7-12(16(19)20)8-15(17-13)18-5-3-14-11(9-18)4-6-21-14/h4,6-8,10H,3,5,9H2,1-2H3,(H,19,20). The number of carboxylic acids is 1. The highest BCUT2D eigenvalue weighted by atomic mass is 32.1. The van der Waals surface area contributed by atoms with Crippen LogP contribution >= 0.6 is 11.3 Å². The molecule has 0 aromatic carbocycles. The third-order valence-corrected chi connectivity index (χ3v) is 4.82. The molecule has 21 heavy (non-hydrogen) atoms. The third-order valence-electron chi connectivity index (χ3n) is 3.80. The van der Waals surface area contributed by atoms with Gasteiger partial charge in [0.15, 0.2) is 0 Å². The molecule has 1 N–H and O–H groups in total. The fraction of sp³-hybridized carbons (Fsp3) is 0.375. The molecule has 5 heteroatoms. The summed E-state index contributed by atoms with van der Waals surface area (Å²) in [5.74, 6) is 0.0915. The molecule has 0 fully saturated rings. The quantitative estimate of drug-likeness (QED) is 0.942. The fourth-order valence-electron chi connectivity index (χ4n) is 2.56. The van der Waals surface area contributed by atoms with E-state index in [9.17, 15) is 9.90 Å². The van der Waals surface area contributed by atoms with Crippen LogP contribution in [0.2, 0.25) is 0 Å². The van der Waals surface area contributed by atoms with Gasteiger partial charge in [0.05, 0.1) is 5.56 Å². The minimum atomic E-state index is -0.895. The van der Waals surface area contributed by atoms with E-state index in [1.165, 1.54) is 10.4 Å². The van der Waals surface area contributed by atoms with Crippen molar-refractivity contribution in [3.05, 3.63) is 45.3 Å². The first-order chi connectivity index (χ1) is 10.0. The molecule has 110 valence electrons. The Morgan fingerprint density at radius 2 is 2.24 bits per heavy atom. The number of hydrogen-bond acceptors (Lipinski definition) is 4. The molecule has 4 nitrogen and oxygen atoms in total. The molecule has 0 bridgehead atoms. The van der Waals surface area contributed by atoms with Crippen LogP contribution in [0, 0.1) is 0 Å². The zero-order chi connectivity index (χ0) is 15.0. The average molecular weight is 302 g/mol. The number of carboxylic acid groups (broad SMARTS) is 1. The maximum absolute atomic E-state index is 11.3. The summed E-state index contributed by atoms with van der Waals surface area (Å²) in [6, 6.07) is 5.51. The molecule has 3 heterocycles. The Bertz CT molecular complexity index is 679. The van der Waals surface area contributed by atoms with E-state index in [0.717, 1.165) is 31.0 Å². The van der Waals surface area contributed by atoms with Gasteiger partial charge in [-0.15, -0.1) is 11.3 Å². The van der Waals surface area contributed by atoms with Gasteiger partial charge in [-0.05, 0) is 41.5 Å². The summed E-state index contributed by atoms with van der Waals surface area (Å²) in [7, 11) is 0. The lowest BCUT2D eigenvalue weighted by molar-refractivity contribution is 0.0696. The van der Waals surface area contributed by atoms with Gasteiger partial charge in [0.2, 0.25) is 0 Å². The summed E-state index contributed by atoms with van der Waals surface area (Å²) in [6.45, 7) is 5.77. The first kappa shape index (κ1) is 14.1. The lowest BCUT2D eigenvalue weighted by Gasteiger charge is -2.28. The summed E-state index contributed by atoms with van der Waals surface area (Å²) >= 11 is 1.80. The molecule has 0 aliphatic carbocycles. The third kappa shape index (κ3) is 2.78. The molecule has 1 aliphatic heterocycles. The zero-order valence-electron chi connectivity index (χ0n) is 12.2. The van der Waals surface area contributed by atoms with Crippen molar-refractivity contribution in [2.75, 3.05) is 11.4 Å². The highest BCUT2D eigenvalue weighted by molar-refractivity contribution is 7.10. The second-order valence-electron chi connectivity index (χ2n) is 5.64. The normalized spacial score (nSPS) is 14.3. The lowest BCUT2D eigenvalue weighted by Crippen LogP contribution is -2.30. The van der Waals surface area contributed by atoms with Crippen molar-refractivity contribution in [1.29, 1.82) is 0 Å². The van der Waals surface area contributed by atoms with Crippen LogP contribution in [-0.4, -0.2) is 22.6 Å². The molecule has 2 aromatic rings. The van der Waals surface area contributed by atoms with Gasteiger partial charge in [-0.2, -0.15) is 0 Å². The number of fused-ring (bicyclic) bond motifs is 1. The number of aromatic nitrogens is 1. The molecule has 0 saturated carbocycles. The summed E-state index contributed by atoms with van der Waals surface area (Å²) in [5.41, 5.74) is 2.49. The molecule has 3 rings (SSSR count). The zero-order valence-corrected chi connectivity index (χ0v) is 13.0. The van der Waals surface area contributed by atoms with Gasteiger partial charge in [0.1, 0.15) is 5.82 Å². The number of aromatic carboxylic acids is 1. The van der Waals surface area contributed by atoms with Crippen molar-refractivity contribution in [2.45, 2.75) is 32.7 Å². The largest absolute Gasteiger partial charge is 0.478 e. The first-order valence-corrected chi connectivity index (χ1v) is 7.98. The van der Waals surface area contributed by atoms with Crippen LogP contribution in [0.15, 0.2) is 23.6 Å². The topological polar surface area (TPSA) is 53.4 Å². The van der Waals surface area contributed by atoms with Gasteiger partial charge in [0.25, 0.3) is 0 Å². The van der Waals surface area contributed by atoms with Crippen molar-refractivity contribution in [1.82, 2.24) is 4.98 Å². The number of thiophene rings is 1. The number of carbonyl (C=O) groups is 1. The second-order valence-corrected chi connectivity index (χ2v) is 6.64. The maximum Gasteiger partial charge on any atom is 0.335 e. The van der Waals surface area contributed by atoms with Crippen LogP contribution in [0.5, 0.6) is 0 Å². The minimum Gasteiger partial charge on any atom is -0.478 e. The average Bonchev–Trinajstić information content (AvgIpc) is 2.94. The van der Waals surface area contributed by atoms with Crippen molar-refractivity contribution < 1.29 is 9.90 Å². The predicted molar refractivity (Wildman–Crippen MR) is 84.4 cm³/mol. The monoisotopic (exact) mass is 302 g/mol. The molecule has 0 amide bonds. The molecular formula is C16H18N2O2S. The molecule has 0 radical (unpaired) electrons. The van der Waals surface area contributed by atoms with Gasteiger partial charge in [-0.1, -0.05) is 13.8 Å². The molecule has 0 atom stereocenters. The van der Waals surface area contributed by atoms with Crippen LogP contribution < -0.4 is 4.90 Å². The number of nitrogens with zero attached hydrogens (tertiary/aromatic N) is 2. The highest BCUT2D eigenvalue weighted by Gasteiger charge is 2.20. The fourth-order valence-corrected chi connectivity index (χ4v) is 3.45. The van der Waals surface area contributed by atoms with Crippen LogP contribution in [0.25, 0.3) is 0 Å². The number of rotatable bonds is 3. The molecule has 0 unspecified atom stereocenters. The molecule has 1 aliphatic rings. The van der Waals surface area contributed by atoms with E-state index in [2.05, 4.69) is 21.3 Å². The second kappa shape index (κ2) is 5.48. The van der Waals surface area contributed by atoms with Gasteiger partial charge in [-0.3, -0.25) is 0 Å². The molecular weight excluding hydrogens is 284 g/mol. The van der Waals surface area contributed by atoms with Crippen molar-refractivity contribution in [3.63, 3.8) is 0 Å². The van der Waals surface area contributed by atoms with Gasteiger partial charge in [0, 0.05) is 23.7 Å². The van der Waals surface area contributed by atoms with Gasteiger partial charge < -0.3 is 10.0 Å². The van der Waals surface area contributed by atoms with Crippen LogP contribution in [-0.2, 0) is 13.0 Å². The van der Waals surface area contributed by atoms with Gasteiger partial charge in [-0.25, -0.2) is 9.78 Å². The van der Waals surface area contributed by atoms with E-state index in [1.807, 2.05) is 13.8 Å². The van der Waals surface area contributed by atoms with Gasteiger partial charge >= 0.3 is 5.97 Å². The SMILES string of the molecule is CC(C)c1cc(C(=O)O)cc(N2CCc3sccc3C2)n1. The van der Waals surface area contributed by atoms with E-state index >= 15 is 0 Å². The Morgan fingerprint density at radius 1 is 1.43 bits per heavy atom. The van der Waals surface area contributed by atoms with Crippen molar-refractivity contribution >= 4 is 23.1 Å². The molecule has 0 saturated heterocycles. The lowest BCUT2D eigenvalue weighted by atomic mass is 10.1. The van der Waals surface area contributed by atoms with Crippen LogP contribution in [0.3, 0.4) is 0 Å². The van der Waals surface area contributed by atoms with Crippen molar-refractivity contribution in [3.8, 4) is 0 Å². The van der Waals surface area contributed by atoms with E-state index < -0.39 is 5.97 Å². The molecule has 0 spiro atoms. The Labute approximate surface area is 128 Å². The number of pyridine rings is 1. The minimum absolute atomic E-state index is 0.213. The van der Waals surface area contributed by atoms with E-state index in [-0.39, 0.29) is 5.92 Å². The summed E-state index contributed by atoms with van der Waals surface area (Å²) in [6.07, 6.45) is 1.00. The van der Waals surface area contributed by atoms with E-state index in [4.69, 9.17) is 0 Å². The summed E-state index contributed by atoms with van der Waals surface area (Å²) < 4.78 is 0. The Morgan fingerprint density at radius 3 is 2.95 bits per heavy atom. The highest BCUT2D eigenvalue weighted by Crippen LogP contribution is 2.28.